The van der Waals surface area contributed by atoms with E-state index in [9.17, 15) is 4.79 Å². The SMILES string of the molecule is Cn1nc(C23CCC(CN(C(=O)CC4CCCOC4)c4cccc(-c5nc(C6CC6)no5)c4)(CC2)CC3)cc1C1CC1. The molecule has 42 heavy (non-hydrogen) atoms. The normalized spacial score (nSPS) is 29.1. The average molecular weight is 570 g/mol. The predicted octanol–water partition coefficient (Wildman–Crippen LogP) is 6.67. The van der Waals surface area contributed by atoms with Gasteiger partial charge in [0.25, 0.3) is 5.89 Å². The van der Waals surface area contributed by atoms with Crippen LogP contribution in [0.15, 0.2) is 34.9 Å². The topological polar surface area (TPSA) is 86.3 Å². The summed E-state index contributed by atoms with van der Waals surface area (Å²) in [6, 6.07) is 10.6. The molecule has 0 spiro atoms. The average Bonchev–Trinajstić information content (AvgIpc) is 3.97. The van der Waals surface area contributed by atoms with Gasteiger partial charge in [0.05, 0.1) is 5.69 Å². The smallest absolute Gasteiger partial charge is 0.258 e. The van der Waals surface area contributed by atoms with Gasteiger partial charge in [-0.15, -0.1) is 0 Å². The number of ether oxygens (including phenoxy) is 1. The van der Waals surface area contributed by atoms with Crippen molar-refractivity contribution in [3.63, 3.8) is 0 Å². The van der Waals surface area contributed by atoms with Gasteiger partial charge in [0.1, 0.15) is 0 Å². The fraction of sp³-hybridized carbons (Fsp3) is 0.647. The molecule has 0 N–H and O–H groups in total. The molecule has 1 amide bonds. The molecule has 1 aliphatic heterocycles. The summed E-state index contributed by atoms with van der Waals surface area (Å²) in [5, 5.41) is 9.29. The standard InChI is InChI=1S/C34H43N5O3/c1-38-28(24-7-8-24)20-29(36-38)34-14-11-33(12-15-34,13-16-34)22-39(30(40)18-23-4-3-17-41-21-23)27-6-2-5-26(19-27)32-35-31(37-42-32)25-9-10-25/h2,5-6,19-20,23-25H,3-4,7-18,21-22H2,1H3. The molecule has 2 aromatic heterocycles. The molecule has 6 fully saturated rings. The summed E-state index contributed by atoms with van der Waals surface area (Å²) in [5.74, 6) is 3.02. The number of fused-ring (bicyclic) bond motifs is 3. The lowest BCUT2D eigenvalue weighted by Gasteiger charge is -2.54. The first-order valence-corrected chi connectivity index (χ1v) is 16.4. The van der Waals surface area contributed by atoms with Gasteiger partial charge in [-0.2, -0.15) is 10.1 Å². The number of hydrogen-bond donors (Lipinski definition) is 0. The van der Waals surface area contributed by atoms with Crippen molar-refractivity contribution in [2.75, 3.05) is 24.7 Å². The van der Waals surface area contributed by atoms with Crippen LogP contribution < -0.4 is 4.90 Å². The van der Waals surface area contributed by atoms with Crippen LogP contribution in [0.1, 0.15) is 113 Å². The second-order valence-electron chi connectivity index (χ2n) is 14.2. The van der Waals surface area contributed by atoms with Gasteiger partial charge in [0.2, 0.25) is 5.91 Å². The van der Waals surface area contributed by atoms with Crippen molar-refractivity contribution in [3.05, 3.63) is 47.5 Å². The molecular formula is C34H43N5O3. The summed E-state index contributed by atoms with van der Waals surface area (Å²) in [6.45, 7) is 2.27. The van der Waals surface area contributed by atoms with Crippen LogP contribution >= 0.6 is 0 Å². The Hall–Kier alpha value is -3.00. The Balaban J connectivity index is 1.04. The molecule has 222 valence electrons. The highest BCUT2D eigenvalue weighted by Crippen LogP contribution is 2.58. The number of rotatable bonds is 9. The highest BCUT2D eigenvalue weighted by molar-refractivity contribution is 5.94. The van der Waals surface area contributed by atoms with E-state index in [2.05, 4.69) is 45.0 Å². The van der Waals surface area contributed by atoms with Gasteiger partial charge in [0.15, 0.2) is 5.82 Å². The van der Waals surface area contributed by atoms with Crippen LogP contribution in [0.5, 0.6) is 0 Å². The molecule has 6 aliphatic rings. The number of amides is 1. The molecule has 9 rings (SSSR count). The van der Waals surface area contributed by atoms with E-state index in [1.807, 2.05) is 12.1 Å². The van der Waals surface area contributed by atoms with Gasteiger partial charge in [0, 0.05) is 67.4 Å². The molecule has 1 atom stereocenters. The maximum atomic E-state index is 14.1. The number of carbonyl (C=O) groups is 1. The number of aromatic nitrogens is 4. The van der Waals surface area contributed by atoms with Crippen LogP contribution in [-0.4, -0.2) is 45.6 Å². The number of benzene rings is 1. The largest absolute Gasteiger partial charge is 0.381 e. The highest BCUT2D eigenvalue weighted by atomic mass is 16.5. The lowest BCUT2D eigenvalue weighted by Crippen LogP contribution is -2.51. The van der Waals surface area contributed by atoms with Crippen molar-refractivity contribution < 1.29 is 14.1 Å². The van der Waals surface area contributed by atoms with Crippen LogP contribution in [-0.2, 0) is 22.0 Å². The van der Waals surface area contributed by atoms with Crippen LogP contribution in [0.4, 0.5) is 5.69 Å². The Morgan fingerprint density at radius 2 is 1.81 bits per heavy atom. The Kier molecular flexibility index (Phi) is 6.54. The van der Waals surface area contributed by atoms with Gasteiger partial charge in [-0.05, 0) is 113 Å². The van der Waals surface area contributed by atoms with E-state index in [0.29, 0.717) is 30.8 Å². The van der Waals surface area contributed by atoms with E-state index < -0.39 is 0 Å². The molecule has 5 aliphatic carbocycles. The minimum atomic E-state index is 0.147. The summed E-state index contributed by atoms with van der Waals surface area (Å²) in [4.78, 5) is 20.9. The minimum Gasteiger partial charge on any atom is -0.381 e. The molecule has 1 aromatic carbocycles. The monoisotopic (exact) mass is 569 g/mol. The van der Waals surface area contributed by atoms with Crippen molar-refractivity contribution in [2.24, 2.45) is 18.4 Å². The highest BCUT2D eigenvalue weighted by Gasteiger charge is 2.51. The van der Waals surface area contributed by atoms with Crippen molar-refractivity contribution in [1.29, 1.82) is 0 Å². The van der Waals surface area contributed by atoms with Gasteiger partial charge in [-0.3, -0.25) is 9.48 Å². The fourth-order valence-electron chi connectivity index (χ4n) is 8.04. The molecule has 1 unspecified atom stereocenters. The zero-order valence-electron chi connectivity index (χ0n) is 24.9. The number of anilines is 1. The maximum Gasteiger partial charge on any atom is 0.258 e. The molecule has 1 saturated heterocycles. The predicted molar refractivity (Wildman–Crippen MR) is 159 cm³/mol. The Morgan fingerprint density at radius 3 is 2.52 bits per heavy atom. The lowest BCUT2D eigenvalue weighted by atomic mass is 9.52. The molecule has 5 saturated carbocycles. The van der Waals surface area contributed by atoms with Gasteiger partial charge < -0.3 is 14.2 Å². The summed E-state index contributed by atoms with van der Waals surface area (Å²) in [6.07, 6.45) is 14.5. The number of carbonyl (C=O) groups excluding carboxylic acids is 1. The van der Waals surface area contributed by atoms with Crippen molar-refractivity contribution in [3.8, 4) is 11.5 Å². The first-order chi connectivity index (χ1) is 20.5. The molecule has 3 heterocycles. The van der Waals surface area contributed by atoms with Crippen molar-refractivity contribution >= 4 is 11.6 Å². The van der Waals surface area contributed by atoms with E-state index in [1.165, 1.54) is 43.5 Å². The van der Waals surface area contributed by atoms with Gasteiger partial charge in [-0.1, -0.05) is 11.2 Å². The molecule has 8 heteroatoms. The van der Waals surface area contributed by atoms with Crippen LogP contribution in [0.25, 0.3) is 11.5 Å². The third kappa shape index (κ3) is 4.99. The van der Waals surface area contributed by atoms with Crippen LogP contribution in [0.3, 0.4) is 0 Å². The van der Waals surface area contributed by atoms with E-state index in [0.717, 1.165) is 81.1 Å². The summed E-state index contributed by atoms with van der Waals surface area (Å²) >= 11 is 0. The summed E-state index contributed by atoms with van der Waals surface area (Å²) in [7, 11) is 2.12. The molecule has 3 aromatic rings. The lowest BCUT2D eigenvalue weighted by molar-refractivity contribution is -0.121. The molecule has 8 nitrogen and oxygen atoms in total. The van der Waals surface area contributed by atoms with Gasteiger partial charge in [-0.25, -0.2) is 0 Å². The van der Waals surface area contributed by atoms with E-state index in [-0.39, 0.29) is 16.7 Å². The van der Waals surface area contributed by atoms with E-state index >= 15 is 0 Å². The third-order valence-corrected chi connectivity index (χ3v) is 11.2. The third-order valence-electron chi connectivity index (χ3n) is 11.2. The first-order valence-electron chi connectivity index (χ1n) is 16.4. The number of aryl methyl sites for hydroxylation is 1. The summed E-state index contributed by atoms with van der Waals surface area (Å²) < 4.78 is 13.6. The quantitative estimate of drug-likeness (QED) is 0.286. The minimum absolute atomic E-state index is 0.147. The second kappa shape index (κ2) is 10.3. The summed E-state index contributed by atoms with van der Waals surface area (Å²) in [5.41, 5.74) is 4.93. The van der Waals surface area contributed by atoms with Crippen LogP contribution in [0, 0.1) is 11.3 Å². The van der Waals surface area contributed by atoms with E-state index in [4.69, 9.17) is 14.4 Å². The Morgan fingerprint density at radius 1 is 1.02 bits per heavy atom. The Bertz CT molecular complexity index is 1440. The molecule has 2 bridgehead atoms. The van der Waals surface area contributed by atoms with Gasteiger partial charge >= 0.3 is 0 Å². The van der Waals surface area contributed by atoms with E-state index in [1.54, 1.807) is 0 Å². The maximum absolute atomic E-state index is 14.1. The van der Waals surface area contributed by atoms with Crippen LogP contribution in [0.2, 0.25) is 0 Å². The van der Waals surface area contributed by atoms with Crippen molar-refractivity contribution in [2.45, 2.75) is 101 Å². The first kappa shape index (κ1) is 26.6. The molecular weight excluding hydrogens is 526 g/mol. The molecule has 0 radical (unpaired) electrons. The number of nitrogens with zero attached hydrogens (tertiary/aromatic N) is 5. The zero-order valence-corrected chi connectivity index (χ0v) is 24.9. The fourth-order valence-corrected chi connectivity index (χ4v) is 8.04. The number of hydrogen-bond acceptors (Lipinski definition) is 6. The van der Waals surface area contributed by atoms with Crippen molar-refractivity contribution in [1.82, 2.24) is 19.9 Å². The Labute approximate surface area is 248 Å². The second-order valence-corrected chi connectivity index (χ2v) is 14.2. The zero-order chi connectivity index (χ0) is 28.3.